The van der Waals surface area contributed by atoms with Gasteiger partial charge in [-0.2, -0.15) is 0 Å². The molecule has 4 aromatic carbocycles. The van der Waals surface area contributed by atoms with Crippen molar-refractivity contribution in [3.05, 3.63) is 142 Å². The molecular formula is C34H22O16. The Morgan fingerprint density at radius 1 is 0.340 bits per heavy atom. The molecule has 0 saturated heterocycles. The van der Waals surface area contributed by atoms with E-state index in [0.717, 1.165) is 30.3 Å². The Morgan fingerprint density at radius 3 is 0.800 bits per heavy atom. The molecule has 16 heteroatoms. The fourth-order valence-electron chi connectivity index (χ4n) is 4.13. The molecule has 16 nitrogen and oxygen atoms in total. The van der Waals surface area contributed by atoms with Crippen LogP contribution in [0.1, 0.15) is 82.9 Å². The Morgan fingerprint density at radius 2 is 0.540 bits per heavy atom. The number of aromatic carboxylic acids is 2. The van der Waals surface area contributed by atoms with Crippen LogP contribution in [-0.4, -0.2) is 71.2 Å². The monoisotopic (exact) mass is 686 g/mol. The highest BCUT2D eigenvalue weighted by Gasteiger charge is 2.26. The van der Waals surface area contributed by atoms with Gasteiger partial charge in [-0.15, -0.1) is 0 Å². The van der Waals surface area contributed by atoms with E-state index in [4.69, 9.17) is 9.47 Å². The highest BCUT2D eigenvalue weighted by Crippen LogP contribution is 2.17. The zero-order valence-electron chi connectivity index (χ0n) is 25.3. The zero-order valence-corrected chi connectivity index (χ0v) is 25.3. The Bertz CT molecular complexity index is 2000. The highest BCUT2D eigenvalue weighted by atomic mass is 17.2. The van der Waals surface area contributed by atoms with Crippen molar-refractivity contribution in [1.82, 2.24) is 0 Å². The van der Waals surface area contributed by atoms with Gasteiger partial charge in [0.2, 0.25) is 0 Å². The molecule has 0 heterocycles. The van der Waals surface area contributed by atoms with Gasteiger partial charge in [0.25, 0.3) is 0 Å². The maximum Gasteiger partial charge on any atom is 0.387 e. The lowest BCUT2D eigenvalue weighted by Crippen LogP contribution is -2.20. The molecule has 2 N–H and O–H groups in total. The SMILES string of the molecule is O=C(O)c1ccccc1C(=O)OCCOC(=O)c1ccccc1C(=O)OOC(=O)c1ccccc1C(=O)OOC(=O)c1ccccc1C(=O)O. The van der Waals surface area contributed by atoms with Crippen molar-refractivity contribution >= 4 is 47.8 Å². The second-order valence-electron chi connectivity index (χ2n) is 9.55. The Kier molecular flexibility index (Phi) is 11.7. The van der Waals surface area contributed by atoms with Crippen molar-refractivity contribution in [3.63, 3.8) is 0 Å². The number of carboxylic acids is 2. The summed E-state index contributed by atoms with van der Waals surface area (Å²) >= 11 is 0. The molecule has 0 aliphatic heterocycles. The second kappa shape index (κ2) is 16.5. The molecule has 0 radical (unpaired) electrons. The minimum absolute atomic E-state index is 0.212. The molecule has 50 heavy (non-hydrogen) atoms. The van der Waals surface area contributed by atoms with Crippen LogP contribution in [0.2, 0.25) is 0 Å². The highest BCUT2D eigenvalue weighted by molar-refractivity contribution is 6.06. The molecule has 0 amide bonds. The van der Waals surface area contributed by atoms with Crippen LogP contribution in [0.25, 0.3) is 0 Å². The number of carbonyl (C=O) groups excluding carboxylic acids is 6. The largest absolute Gasteiger partial charge is 0.478 e. The fraction of sp³-hybridized carbons (Fsp3) is 0.0588. The molecule has 0 aliphatic carbocycles. The van der Waals surface area contributed by atoms with Gasteiger partial charge in [-0.1, -0.05) is 48.5 Å². The number of ether oxygens (including phenoxy) is 2. The van der Waals surface area contributed by atoms with E-state index in [2.05, 4.69) is 19.6 Å². The average Bonchev–Trinajstić information content (AvgIpc) is 3.13. The Hall–Kier alpha value is -7.36. The van der Waals surface area contributed by atoms with E-state index in [9.17, 15) is 48.6 Å². The Balaban J connectivity index is 1.33. The van der Waals surface area contributed by atoms with Crippen LogP contribution < -0.4 is 0 Å². The molecule has 0 aromatic heterocycles. The van der Waals surface area contributed by atoms with Crippen molar-refractivity contribution in [3.8, 4) is 0 Å². The van der Waals surface area contributed by atoms with Gasteiger partial charge in [0.05, 0.1) is 44.5 Å². The molecule has 0 aliphatic rings. The van der Waals surface area contributed by atoms with Gasteiger partial charge in [-0.25, -0.2) is 57.9 Å². The van der Waals surface area contributed by atoms with Crippen molar-refractivity contribution in [2.24, 2.45) is 0 Å². The van der Waals surface area contributed by atoms with Gasteiger partial charge in [0.15, 0.2) is 0 Å². The number of carbonyl (C=O) groups is 8. The summed E-state index contributed by atoms with van der Waals surface area (Å²) < 4.78 is 10.0. The van der Waals surface area contributed by atoms with Gasteiger partial charge in [0, 0.05) is 0 Å². The summed E-state index contributed by atoms with van der Waals surface area (Å²) in [5.74, 6) is -10.2. The van der Waals surface area contributed by atoms with Crippen LogP contribution >= 0.6 is 0 Å². The summed E-state index contributed by atoms with van der Waals surface area (Å²) in [6, 6.07) is 20.2. The number of carboxylic acid groups (broad SMARTS) is 2. The molecule has 4 rings (SSSR count). The van der Waals surface area contributed by atoms with E-state index in [1.165, 1.54) is 66.7 Å². The van der Waals surface area contributed by atoms with Gasteiger partial charge >= 0.3 is 47.8 Å². The summed E-state index contributed by atoms with van der Waals surface area (Å²) in [6.45, 7) is -0.939. The number of esters is 2. The maximum absolute atomic E-state index is 12.8. The molecule has 0 unspecified atom stereocenters. The summed E-state index contributed by atoms with van der Waals surface area (Å²) in [5, 5.41) is 18.4. The third-order valence-corrected chi connectivity index (χ3v) is 6.42. The van der Waals surface area contributed by atoms with Gasteiger partial charge < -0.3 is 19.7 Å². The van der Waals surface area contributed by atoms with Crippen LogP contribution in [0, 0.1) is 0 Å². The van der Waals surface area contributed by atoms with E-state index >= 15 is 0 Å². The van der Waals surface area contributed by atoms with Crippen LogP contribution in [0.4, 0.5) is 0 Å². The summed E-state index contributed by atoms with van der Waals surface area (Å²) in [5.41, 5.74) is -3.06. The predicted octanol–water partition coefficient (Wildman–Crippen LogP) is 3.95. The van der Waals surface area contributed by atoms with Crippen molar-refractivity contribution in [1.29, 1.82) is 0 Å². The summed E-state index contributed by atoms with van der Waals surface area (Å²) in [7, 11) is 0. The first kappa shape index (κ1) is 35.5. The van der Waals surface area contributed by atoms with Gasteiger partial charge in [0.1, 0.15) is 13.2 Å². The van der Waals surface area contributed by atoms with Crippen LogP contribution in [0.3, 0.4) is 0 Å². The predicted molar refractivity (Wildman–Crippen MR) is 162 cm³/mol. The average molecular weight is 687 g/mol. The van der Waals surface area contributed by atoms with Gasteiger partial charge in [-0.05, 0) is 48.5 Å². The lowest BCUT2D eigenvalue weighted by atomic mass is 10.1. The molecule has 254 valence electrons. The first-order valence-electron chi connectivity index (χ1n) is 14.0. The minimum atomic E-state index is -1.44. The molecular weight excluding hydrogens is 664 g/mol. The lowest BCUT2D eigenvalue weighted by Gasteiger charge is -2.10. The van der Waals surface area contributed by atoms with Crippen LogP contribution in [0.5, 0.6) is 0 Å². The van der Waals surface area contributed by atoms with E-state index in [1.807, 2.05) is 0 Å². The number of hydrogen-bond acceptors (Lipinski definition) is 14. The molecule has 0 bridgehead atoms. The number of rotatable bonds is 11. The normalized spacial score (nSPS) is 10.2. The van der Waals surface area contributed by atoms with E-state index in [-0.39, 0.29) is 16.7 Å². The minimum Gasteiger partial charge on any atom is -0.478 e. The molecule has 0 fully saturated rings. The van der Waals surface area contributed by atoms with E-state index in [1.54, 1.807) is 0 Å². The van der Waals surface area contributed by atoms with E-state index < -0.39 is 88.8 Å². The standard InChI is InChI=1S/C34H22O16/c35-27(36)19-9-1-3-11-21(19)29(39)45-17-18-46-30(40)23-13-5-6-14-24(23)32(42)48-50-34(44)26-16-8-7-15-25(26)33(43)49-47-31(41)22-12-4-2-10-20(22)28(37)38/h1-16H,17-18H2,(H,35,36)(H,37,38). The number of hydrogen-bond donors (Lipinski definition) is 2. The van der Waals surface area contributed by atoms with Crippen LogP contribution in [0.15, 0.2) is 97.1 Å². The Labute approximate surface area is 280 Å². The van der Waals surface area contributed by atoms with Crippen LogP contribution in [-0.2, 0) is 29.0 Å². The van der Waals surface area contributed by atoms with Gasteiger partial charge in [-0.3, -0.25) is 0 Å². The molecule has 4 aromatic rings. The first-order chi connectivity index (χ1) is 24.0. The third kappa shape index (κ3) is 8.71. The van der Waals surface area contributed by atoms with Crippen molar-refractivity contribution < 1.29 is 77.6 Å². The zero-order chi connectivity index (χ0) is 36.2. The fourth-order valence-corrected chi connectivity index (χ4v) is 4.13. The smallest absolute Gasteiger partial charge is 0.387 e. The summed E-state index contributed by atoms with van der Waals surface area (Å²) in [4.78, 5) is 116. The second-order valence-corrected chi connectivity index (χ2v) is 9.55. The van der Waals surface area contributed by atoms with E-state index in [0.29, 0.717) is 0 Å². The van der Waals surface area contributed by atoms with Crippen molar-refractivity contribution in [2.75, 3.05) is 13.2 Å². The molecule has 0 spiro atoms. The maximum atomic E-state index is 12.8. The quantitative estimate of drug-likeness (QED) is 0.0983. The molecule has 0 atom stereocenters. The van der Waals surface area contributed by atoms with Crippen molar-refractivity contribution in [2.45, 2.75) is 0 Å². The first-order valence-corrected chi connectivity index (χ1v) is 14.0. The topological polar surface area (TPSA) is 232 Å². The lowest BCUT2D eigenvalue weighted by molar-refractivity contribution is -0.189. The summed E-state index contributed by atoms with van der Waals surface area (Å²) in [6.07, 6.45) is 0. The number of benzene rings is 4. The third-order valence-electron chi connectivity index (χ3n) is 6.42. The molecule has 0 saturated carbocycles.